The van der Waals surface area contributed by atoms with Crippen LogP contribution in [0.3, 0.4) is 0 Å². The number of halogens is 2. The Hall–Kier alpha value is -3.48. The Balaban J connectivity index is 1.43. The van der Waals surface area contributed by atoms with Gasteiger partial charge in [-0.1, -0.05) is 0 Å². The molecule has 0 unspecified atom stereocenters. The van der Waals surface area contributed by atoms with Crippen molar-refractivity contribution < 1.29 is 13.6 Å². The second-order valence-electron chi connectivity index (χ2n) is 6.91. The maximum Gasteiger partial charge on any atom is 0.257 e. The first-order valence-electron chi connectivity index (χ1n) is 9.42. The molecule has 1 amide bonds. The van der Waals surface area contributed by atoms with E-state index in [0.717, 1.165) is 30.9 Å². The predicted octanol–water partition coefficient (Wildman–Crippen LogP) is 4.96. The maximum absolute atomic E-state index is 13.4. The fourth-order valence-electron chi connectivity index (χ4n) is 3.31. The Morgan fingerprint density at radius 2 is 1.59 bits per heavy atom. The summed E-state index contributed by atoms with van der Waals surface area (Å²) in [4.78, 5) is 18.9. The first-order chi connectivity index (χ1) is 14.1. The zero-order valence-electron chi connectivity index (χ0n) is 15.7. The van der Waals surface area contributed by atoms with Gasteiger partial charge in [0.15, 0.2) is 11.6 Å². The van der Waals surface area contributed by atoms with E-state index in [4.69, 9.17) is 0 Å². The van der Waals surface area contributed by atoms with Crippen LogP contribution in [0.4, 0.5) is 31.5 Å². The number of carbonyl (C=O) groups is 1. The largest absolute Gasteiger partial charge is 0.372 e. The van der Waals surface area contributed by atoms with Gasteiger partial charge in [0.05, 0.1) is 17.4 Å². The summed E-state index contributed by atoms with van der Waals surface area (Å²) in [7, 11) is 0. The molecule has 1 aromatic heterocycles. The molecule has 2 heterocycles. The summed E-state index contributed by atoms with van der Waals surface area (Å²) in [5.74, 6) is -2.17. The van der Waals surface area contributed by atoms with Crippen LogP contribution in [0.25, 0.3) is 0 Å². The number of benzene rings is 2. The molecule has 2 aromatic carbocycles. The second-order valence-corrected chi connectivity index (χ2v) is 6.91. The minimum Gasteiger partial charge on any atom is -0.372 e. The third kappa shape index (κ3) is 4.51. The smallest absolute Gasteiger partial charge is 0.257 e. The zero-order chi connectivity index (χ0) is 20.2. The third-order valence-electron chi connectivity index (χ3n) is 4.81. The summed E-state index contributed by atoms with van der Waals surface area (Å²) >= 11 is 0. The van der Waals surface area contributed by atoms with Crippen LogP contribution >= 0.6 is 0 Å². The molecule has 2 N–H and O–H groups in total. The van der Waals surface area contributed by atoms with Gasteiger partial charge in [-0.2, -0.15) is 0 Å². The van der Waals surface area contributed by atoms with Crippen molar-refractivity contribution in [2.24, 2.45) is 0 Å². The average Bonchev–Trinajstić information content (AvgIpc) is 3.26. The van der Waals surface area contributed by atoms with Crippen molar-refractivity contribution >= 4 is 28.7 Å². The molecule has 1 saturated heterocycles. The summed E-state index contributed by atoms with van der Waals surface area (Å²) in [6.07, 6.45) is 5.37. The molecule has 0 aliphatic carbocycles. The third-order valence-corrected chi connectivity index (χ3v) is 4.81. The summed E-state index contributed by atoms with van der Waals surface area (Å²) in [5, 5.41) is 5.76. The monoisotopic (exact) mass is 394 g/mol. The Labute approximate surface area is 167 Å². The van der Waals surface area contributed by atoms with Crippen LogP contribution in [0.1, 0.15) is 23.2 Å². The van der Waals surface area contributed by atoms with E-state index in [2.05, 4.69) is 20.5 Å². The molecule has 29 heavy (non-hydrogen) atoms. The fraction of sp³-hybridized carbons (Fsp3) is 0.182. The topological polar surface area (TPSA) is 57.3 Å². The number of hydrogen-bond acceptors (Lipinski definition) is 4. The van der Waals surface area contributed by atoms with Crippen LogP contribution < -0.4 is 15.5 Å². The lowest BCUT2D eigenvalue weighted by atomic mass is 10.2. The van der Waals surface area contributed by atoms with Gasteiger partial charge < -0.3 is 15.5 Å². The summed E-state index contributed by atoms with van der Waals surface area (Å²) in [5.41, 5.74) is 3.05. The summed E-state index contributed by atoms with van der Waals surface area (Å²) in [6.45, 7) is 2.13. The molecule has 0 atom stereocenters. The molecule has 1 fully saturated rings. The first kappa shape index (κ1) is 18.9. The van der Waals surface area contributed by atoms with Crippen molar-refractivity contribution in [1.29, 1.82) is 0 Å². The molecule has 148 valence electrons. The summed E-state index contributed by atoms with van der Waals surface area (Å²) < 4.78 is 26.4. The van der Waals surface area contributed by atoms with Crippen LogP contribution in [0.5, 0.6) is 0 Å². The molecule has 1 aliphatic rings. The van der Waals surface area contributed by atoms with Crippen LogP contribution in [0.2, 0.25) is 0 Å². The number of nitrogens with one attached hydrogen (secondary N) is 2. The van der Waals surface area contributed by atoms with E-state index in [1.165, 1.54) is 31.3 Å². The molecule has 0 spiro atoms. The Bertz CT molecular complexity index is 1020. The number of pyridine rings is 1. The van der Waals surface area contributed by atoms with Crippen LogP contribution in [-0.4, -0.2) is 24.0 Å². The van der Waals surface area contributed by atoms with Crippen molar-refractivity contribution in [2.75, 3.05) is 28.6 Å². The predicted molar refractivity (Wildman–Crippen MR) is 110 cm³/mol. The Morgan fingerprint density at radius 1 is 0.862 bits per heavy atom. The highest BCUT2D eigenvalue weighted by Crippen LogP contribution is 2.23. The molecule has 5 nitrogen and oxygen atoms in total. The number of rotatable bonds is 5. The standard InChI is InChI=1S/C22H20F2N4O/c23-20-8-5-17(12-21(20)24)26-18-11-15(13-25-14-18)22(29)27-16-3-6-19(7-4-16)28-9-1-2-10-28/h3-8,11-14,26H,1-2,9-10H2,(H,27,29). The lowest BCUT2D eigenvalue weighted by Crippen LogP contribution is -2.17. The molecule has 0 saturated carbocycles. The average molecular weight is 394 g/mol. The van der Waals surface area contributed by atoms with Gasteiger partial charge in [-0.25, -0.2) is 8.78 Å². The van der Waals surface area contributed by atoms with Crippen molar-refractivity contribution in [3.8, 4) is 0 Å². The fourth-order valence-corrected chi connectivity index (χ4v) is 3.31. The van der Waals surface area contributed by atoms with Crippen LogP contribution in [0, 0.1) is 11.6 Å². The number of anilines is 4. The van der Waals surface area contributed by atoms with E-state index < -0.39 is 11.6 Å². The van der Waals surface area contributed by atoms with Gasteiger partial charge in [0.2, 0.25) is 0 Å². The van der Waals surface area contributed by atoms with E-state index in [1.54, 1.807) is 6.07 Å². The zero-order valence-corrected chi connectivity index (χ0v) is 15.7. The van der Waals surface area contributed by atoms with Crippen molar-refractivity contribution in [1.82, 2.24) is 4.98 Å². The molecule has 7 heteroatoms. The number of nitrogens with zero attached hydrogens (tertiary/aromatic N) is 2. The Kier molecular flexibility index (Phi) is 5.37. The van der Waals surface area contributed by atoms with E-state index in [0.29, 0.717) is 22.6 Å². The molecule has 4 rings (SSSR count). The van der Waals surface area contributed by atoms with Gasteiger partial charge in [0, 0.05) is 42.4 Å². The van der Waals surface area contributed by atoms with E-state index in [9.17, 15) is 13.6 Å². The second kappa shape index (κ2) is 8.26. The van der Waals surface area contributed by atoms with Gasteiger partial charge >= 0.3 is 0 Å². The highest BCUT2D eigenvalue weighted by Gasteiger charge is 2.13. The minimum absolute atomic E-state index is 0.305. The van der Waals surface area contributed by atoms with E-state index in [1.807, 2.05) is 24.3 Å². The number of amides is 1. The highest BCUT2D eigenvalue weighted by molar-refractivity contribution is 6.04. The van der Waals surface area contributed by atoms with Crippen molar-refractivity contribution in [3.05, 3.63) is 78.1 Å². The van der Waals surface area contributed by atoms with Gasteiger partial charge in [0.25, 0.3) is 5.91 Å². The quantitative estimate of drug-likeness (QED) is 0.643. The molecule has 0 radical (unpaired) electrons. The van der Waals surface area contributed by atoms with Crippen LogP contribution in [-0.2, 0) is 0 Å². The number of carbonyl (C=O) groups excluding carboxylic acids is 1. The number of hydrogen-bond donors (Lipinski definition) is 2. The van der Waals surface area contributed by atoms with E-state index >= 15 is 0 Å². The maximum atomic E-state index is 13.4. The minimum atomic E-state index is -0.950. The first-order valence-corrected chi connectivity index (χ1v) is 9.42. The van der Waals surface area contributed by atoms with Crippen molar-refractivity contribution in [2.45, 2.75) is 12.8 Å². The lowest BCUT2D eigenvalue weighted by Gasteiger charge is -2.17. The highest BCUT2D eigenvalue weighted by atomic mass is 19.2. The SMILES string of the molecule is O=C(Nc1ccc(N2CCCC2)cc1)c1cncc(Nc2ccc(F)c(F)c2)c1. The number of aromatic nitrogens is 1. The van der Waals surface area contributed by atoms with Crippen molar-refractivity contribution in [3.63, 3.8) is 0 Å². The van der Waals surface area contributed by atoms with Gasteiger partial charge in [-0.15, -0.1) is 0 Å². The van der Waals surface area contributed by atoms with Gasteiger partial charge in [-0.3, -0.25) is 9.78 Å². The van der Waals surface area contributed by atoms with Gasteiger partial charge in [-0.05, 0) is 55.3 Å². The molecular weight excluding hydrogens is 374 g/mol. The Morgan fingerprint density at radius 3 is 2.31 bits per heavy atom. The van der Waals surface area contributed by atoms with Crippen LogP contribution in [0.15, 0.2) is 60.9 Å². The normalized spacial score (nSPS) is 13.4. The van der Waals surface area contributed by atoms with Gasteiger partial charge in [0.1, 0.15) is 0 Å². The van der Waals surface area contributed by atoms with E-state index in [-0.39, 0.29) is 5.91 Å². The lowest BCUT2D eigenvalue weighted by molar-refractivity contribution is 0.102. The molecule has 3 aromatic rings. The molecular formula is C22H20F2N4O. The molecule has 1 aliphatic heterocycles. The molecule has 0 bridgehead atoms. The summed E-state index contributed by atoms with van der Waals surface area (Å²) in [6, 6.07) is 12.8.